The van der Waals surface area contributed by atoms with Crippen molar-refractivity contribution in [2.24, 2.45) is 0 Å². The Morgan fingerprint density at radius 1 is 1.29 bits per heavy atom. The lowest BCUT2D eigenvalue weighted by atomic mass is 10.1. The average molecular weight is 259 g/mol. The van der Waals surface area contributed by atoms with Gasteiger partial charge in [0.1, 0.15) is 11.4 Å². The molecular formula is C11H8ClFO4. The molecule has 0 aliphatic heterocycles. The summed E-state index contributed by atoms with van der Waals surface area (Å²) < 4.78 is 12.7. The van der Waals surface area contributed by atoms with Crippen molar-refractivity contribution in [3.63, 3.8) is 0 Å². The first-order chi connectivity index (χ1) is 7.91. The van der Waals surface area contributed by atoms with Gasteiger partial charge in [-0.3, -0.25) is 0 Å². The van der Waals surface area contributed by atoms with Crippen molar-refractivity contribution in [2.75, 3.05) is 0 Å². The summed E-state index contributed by atoms with van der Waals surface area (Å²) in [5.41, 5.74) is -0.293. The molecule has 6 heteroatoms. The highest BCUT2D eigenvalue weighted by Crippen LogP contribution is 2.18. The maximum absolute atomic E-state index is 12.7. The second-order valence-corrected chi connectivity index (χ2v) is 3.58. The molecule has 0 unspecified atom stereocenters. The lowest BCUT2D eigenvalue weighted by Crippen LogP contribution is -2.11. The number of allylic oxidation sites excluding steroid dienone is 1. The molecule has 0 radical (unpaired) electrons. The van der Waals surface area contributed by atoms with Crippen LogP contribution in [0.4, 0.5) is 4.39 Å². The highest BCUT2D eigenvalue weighted by molar-refractivity contribution is 6.31. The molecule has 0 aliphatic carbocycles. The fourth-order valence-corrected chi connectivity index (χ4v) is 1.41. The second kappa shape index (κ2) is 5.45. The number of benzene rings is 1. The van der Waals surface area contributed by atoms with Gasteiger partial charge in [0.2, 0.25) is 0 Å². The van der Waals surface area contributed by atoms with Gasteiger partial charge in [-0.25, -0.2) is 14.0 Å². The number of hydrogen-bond acceptors (Lipinski definition) is 2. The summed E-state index contributed by atoms with van der Waals surface area (Å²) in [5.74, 6) is -3.58. The van der Waals surface area contributed by atoms with Crippen LogP contribution in [0, 0.1) is 5.82 Å². The quantitative estimate of drug-likeness (QED) is 0.493. The highest BCUT2D eigenvalue weighted by Gasteiger charge is 2.15. The van der Waals surface area contributed by atoms with Crippen LogP contribution < -0.4 is 0 Å². The largest absolute Gasteiger partial charge is 0.477 e. The third-order valence-electron chi connectivity index (χ3n) is 2.00. The van der Waals surface area contributed by atoms with Gasteiger partial charge in [-0.1, -0.05) is 23.7 Å². The average Bonchev–Trinajstić information content (AvgIpc) is 2.20. The van der Waals surface area contributed by atoms with Gasteiger partial charge in [-0.05, 0) is 24.1 Å². The molecule has 0 aromatic heterocycles. The first kappa shape index (κ1) is 13.2. The van der Waals surface area contributed by atoms with Gasteiger partial charge < -0.3 is 10.2 Å². The van der Waals surface area contributed by atoms with Crippen LogP contribution in [0.25, 0.3) is 0 Å². The van der Waals surface area contributed by atoms with Crippen molar-refractivity contribution in [3.05, 3.63) is 46.3 Å². The molecular weight excluding hydrogens is 251 g/mol. The van der Waals surface area contributed by atoms with Gasteiger partial charge >= 0.3 is 11.9 Å². The Bertz CT molecular complexity index is 480. The van der Waals surface area contributed by atoms with E-state index in [0.29, 0.717) is 5.56 Å². The molecule has 0 aliphatic rings. The number of carboxylic acids is 2. The van der Waals surface area contributed by atoms with Crippen molar-refractivity contribution in [1.82, 2.24) is 0 Å². The summed E-state index contributed by atoms with van der Waals surface area (Å²) in [6.07, 6.45) is 1.02. The predicted molar refractivity (Wildman–Crippen MR) is 58.5 cm³/mol. The van der Waals surface area contributed by atoms with Gasteiger partial charge in [-0.15, -0.1) is 0 Å². The van der Waals surface area contributed by atoms with Crippen LogP contribution in [-0.2, 0) is 16.0 Å². The van der Waals surface area contributed by atoms with Crippen LogP contribution in [0.2, 0.25) is 5.02 Å². The Balaban J connectivity index is 2.95. The summed E-state index contributed by atoms with van der Waals surface area (Å²) in [6, 6.07) is 3.61. The predicted octanol–water partition coefficient (Wildman–Crippen LogP) is 2.12. The summed E-state index contributed by atoms with van der Waals surface area (Å²) in [5, 5.41) is 17.3. The van der Waals surface area contributed by atoms with Crippen LogP contribution in [-0.4, -0.2) is 22.2 Å². The molecule has 0 spiro atoms. The fourth-order valence-electron chi connectivity index (χ4n) is 1.17. The number of halogens is 2. The molecule has 0 heterocycles. The van der Waals surface area contributed by atoms with Crippen molar-refractivity contribution in [2.45, 2.75) is 6.42 Å². The molecule has 1 aromatic rings. The van der Waals surface area contributed by atoms with E-state index in [-0.39, 0.29) is 11.4 Å². The molecule has 1 aromatic carbocycles. The van der Waals surface area contributed by atoms with Gasteiger partial charge in [-0.2, -0.15) is 0 Å². The Morgan fingerprint density at radius 2 is 1.88 bits per heavy atom. The van der Waals surface area contributed by atoms with Crippen molar-refractivity contribution < 1.29 is 24.2 Å². The van der Waals surface area contributed by atoms with Crippen molar-refractivity contribution >= 4 is 23.5 Å². The number of hydrogen-bond donors (Lipinski definition) is 2. The standard InChI is InChI=1S/C11H8ClFO4/c12-9-5-7(13)3-1-6(9)2-4-8(10(14)15)11(16)17/h1,3-5H,2H2,(H,14,15)(H,16,17). The second-order valence-electron chi connectivity index (χ2n) is 3.17. The van der Waals surface area contributed by atoms with Gasteiger partial charge in [0.15, 0.2) is 0 Å². The fraction of sp³-hybridized carbons (Fsp3) is 0.0909. The van der Waals surface area contributed by atoms with E-state index in [1.165, 1.54) is 6.07 Å². The van der Waals surface area contributed by atoms with Crippen molar-refractivity contribution in [1.29, 1.82) is 0 Å². The third-order valence-corrected chi connectivity index (χ3v) is 2.35. The van der Waals surface area contributed by atoms with Crippen LogP contribution in [0.15, 0.2) is 29.8 Å². The smallest absolute Gasteiger partial charge is 0.342 e. The lowest BCUT2D eigenvalue weighted by molar-refractivity contribution is -0.140. The first-order valence-electron chi connectivity index (χ1n) is 4.52. The van der Waals surface area contributed by atoms with Crippen LogP contribution in [0.1, 0.15) is 5.56 Å². The van der Waals surface area contributed by atoms with Gasteiger partial charge in [0.25, 0.3) is 0 Å². The minimum absolute atomic E-state index is 0.00699. The monoisotopic (exact) mass is 258 g/mol. The van der Waals surface area contributed by atoms with E-state index in [1.807, 2.05) is 0 Å². The first-order valence-corrected chi connectivity index (χ1v) is 4.90. The molecule has 0 amide bonds. The molecule has 0 saturated carbocycles. The van der Waals surface area contributed by atoms with E-state index in [0.717, 1.165) is 18.2 Å². The van der Waals surface area contributed by atoms with Gasteiger partial charge in [0.05, 0.1) is 0 Å². The normalized spacial score (nSPS) is 9.76. The van der Waals surface area contributed by atoms with E-state index in [9.17, 15) is 14.0 Å². The lowest BCUT2D eigenvalue weighted by Gasteiger charge is -2.01. The highest BCUT2D eigenvalue weighted by atomic mass is 35.5. The van der Waals surface area contributed by atoms with Crippen LogP contribution in [0.5, 0.6) is 0 Å². The Labute approximate surface area is 101 Å². The zero-order chi connectivity index (χ0) is 13.0. The molecule has 0 saturated heterocycles. The Kier molecular flexibility index (Phi) is 4.23. The number of rotatable bonds is 4. The number of aliphatic carboxylic acids is 2. The molecule has 0 fully saturated rings. The third kappa shape index (κ3) is 3.57. The Hall–Kier alpha value is -1.88. The van der Waals surface area contributed by atoms with Crippen LogP contribution >= 0.6 is 11.6 Å². The maximum Gasteiger partial charge on any atom is 0.342 e. The summed E-state index contributed by atoms with van der Waals surface area (Å²) in [4.78, 5) is 21.1. The topological polar surface area (TPSA) is 74.6 Å². The summed E-state index contributed by atoms with van der Waals surface area (Å²) >= 11 is 5.71. The van der Waals surface area contributed by atoms with Crippen LogP contribution in [0.3, 0.4) is 0 Å². The van der Waals surface area contributed by atoms with E-state index in [1.54, 1.807) is 0 Å². The SMILES string of the molecule is O=C(O)C(=CCc1ccc(F)cc1Cl)C(=O)O. The Morgan fingerprint density at radius 3 is 2.35 bits per heavy atom. The zero-order valence-corrected chi connectivity index (χ0v) is 9.24. The minimum Gasteiger partial charge on any atom is -0.477 e. The van der Waals surface area contributed by atoms with E-state index >= 15 is 0 Å². The maximum atomic E-state index is 12.7. The molecule has 0 bridgehead atoms. The van der Waals surface area contributed by atoms with Crippen molar-refractivity contribution in [3.8, 4) is 0 Å². The van der Waals surface area contributed by atoms with E-state index < -0.39 is 23.3 Å². The van der Waals surface area contributed by atoms with E-state index in [2.05, 4.69) is 0 Å². The molecule has 1 rings (SSSR count). The molecule has 0 atom stereocenters. The minimum atomic E-state index is -1.53. The molecule has 4 nitrogen and oxygen atoms in total. The molecule has 17 heavy (non-hydrogen) atoms. The van der Waals surface area contributed by atoms with E-state index in [4.69, 9.17) is 21.8 Å². The zero-order valence-electron chi connectivity index (χ0n) is 8.48. The number of carboxylic acid groups (broad SMARTS) is 2. The molecule has 2 N–H and O–H groups in total. The summed E-state index contributed by atoms with van der Waals surface area (Å²) in [6.45, 7) is 0. The van der Waals surface area contributed by atoms with Gasteiger partial charge in [0, 0.05) is 5.02 Å². The number of carbonyl (C=O) groups is 2. The summed E-state index contributed by atoms with van der Waals surface area (Å²) in [7, 11) is 0. The molecule has 90 valence electrons.